The third-order valence-electron chi connectivity index (χ3n) is 1.99. The average Bonchev–Trinajstić information content (AvgIpc) is 2.48. The van der Waals surface area contributed by atoms with Crippen molar-refractivity contribution in [2.24, 2.45) is 0 Å². The van der Waals surface area contributed by atoms with Crippen LogP contribution in [0.25, 0.3) is 0 Å². The van der Waals surface area contributed by atoms with Gasteiger partial charge in [-0.2, -0.15) is 0 Å². The Kier molecular flexibility index (Phi) is 3.45. The van der Waals surface area contributed by atoms with Crippen molar-refractivity contribution in [3.05, 3.63) is 23.0 Å². The smallest absolute Gasteiger partial charge is 0.310 e. The van der Waals surface area contributed by atoms with E-state index in [0.717, 1.165) is 11.1 Å². The van der Waals surface area contributed by atoms with Gasteiger partial charge in [-0.15, -0.1) is 0 Å². The molecule has 0 aliphatic carbocycles. The Labute approximate surface area is 82.3 Å². The molecule has 0 amide bonds. The van der Waals surface area contributed by atoms with Crippen molar-refractivity contribution in [1.82, 2.24) is 4.98 Å². The molecule has 0 saturated carbocycles. The number of H-pyrrole nitrogens is 1. The summed E-state index contributed by atoms with van der Waals surface area (Å²) >= 11 is 0. The van der Waals surface area contributed by atoms with Gasteiger partial charge in [-0.3, -0.25) is 9.59 Å². The van der Waals surface area contributed by atoms with Crippen LogP contribution < -0.4 is 0 Å². The Balaban J connectivity index is 2.79. The number of aldehydes is 1. The van der Waals surface area contributed by atoms with Crippen LogP contribution in [0, 0.1) is 6.92 Å². The summed E-state index contributed by atoms with van der Waals surface area (Å²) in [7, 11) is 0. The molecule has 0 aliphatic heterocycles. The Morgan fingerprint density at radius 3 is 2.93 bits per heavy atom. The fourth-order valence-corrected chi connectivity index (χ4v) is 1.27. The lowest BCUT2D eigenvalue weighted by Crippen LogP contribution is -2.09. The molecule has 76 valence electrons. The molecule has 1 heterocycles. The van der Waals surface area contributed by atoms with Crippen molar-refractivity contribution in [3.8, 4) is 0 Å². The maximum atomic E-state index is 11.2. The van der Waals surface area contributed by atoms with Crippen molar-refractivity contribution in [3.63, 3.8) is 0 Å². The molecule has 4 heteroatoms. The molecule has 0 aliphatic rings. The third kappa shape index (κ3) is 2.22. The number of esters is 1. The highest BCUT2D eigenvalue weighted by Crippen LogP contribution is 2.12. The highest BCUT2D eigenvalue weighted by molar-refractivity contribution is 5.81. The molecule has 0 aromatic carbocycles. The van der Waals surface area contributed by atoms with Crippen LogP contribution in [0.5, 0.6) is 0 Å². The number of rotatable bonds is 4. The van der Waals surface area contributed by atoms with Crippen LogP contribution in [0.2, 0.25) is 0 Å². The third-order valence-corrected chi connectivity index (χ3v) is 1.99. The van der Waals surface area contributed by atoms with Crippen LogP contribution in [-0.4, -0.2) is 23.8 Å². The van der Waals surface area contributed by atoms with Crippen molar-refractivity contribution in [2.75, 3.05) is 6.61 Å². The lowest BCUT2D eigenvalue weighted by Gasteiger charge is -2.01. The van der Waals surface area contributed by atoms with Crippen molar-refractivity contribution >= 4 is 12.3 Å². The highest BCUT2D eigenvalue weighted by Gasteiger charge is 2.12. The monoisotopic (exact) mass is 195 g/mol. The van der Waals surface area contributed by atoms with Gasteiger partial charge in [0.2, 0.25) is 0 Å². The minimum Gasteiger partial charge on any atom is -0.466 e. The van der Waals surface area contributed by atoms with Crippen molar-refractivity contribution in [2.45, 2.75) is 20.3 Å². The average molecular weight is 195 g/mol. The maximum Gasteiger partial charge on any atom is 0.310 e. The maximum absolute atomic E-state index is 11.2. The van der Waals surface area contributed by atoms with E-state index >= 15 is 0 Å². The van der Waals surface area contributed by atoms with Crippen LogP contribution >= 0.6 is 0 Å². The number of carbonyl (C=O) groups is 2. The van der Waals surface area contributed by atoms with E-state index in [0.29, 0.717) is 18.6 Å². The molecule has 0 spiro atoms. The first-order chi connectivity index (χ1) is 6.69. The largest absolute Gasteiger partial charge is 0.466 e. The number of nitrogens with one attached hydrogen (secondary N) is 1. The standard InChI is InChI=1S/C10H13NO3/c1-3-14-10(13)4-8-7(2)5-11-9(8)6-12/h5-6,11H,3-4H2,1-2H3. The normalized spacial score (nSPS) is 9.86. The molecule has 4 nitrogen and oxygen atoms in total. The predicted molar refractivity (Wildman–Crippen MR) is 51.3 cm³/mol. The Bertz CT molecular complexity index is 341. The van der Waals surface area contributed by atoms with Crippen LogP contribution in [0.3, 0.4) is 0 Å². The van der Waals surface area contributed by atoms with Gasteiger partial charge in [-0.1, -0.05) is 0 Å². The second-order valence-electron chi connectivity index (χ2n) is 2.96. The SMILES string of the molecule is CCOC(=O)Cc1c(C)c[nH]c1C=O. The zero-order valence-electron chi connectivity index (χ0n) is 8.29. The van der Waals surface area contributed by atoms with Gasteiger partial charge in [0.1, 0.15) is 0 Å². The first kappa shape index (κ1) is 10.5. The number of aromatic nitrogens is 1. The number of hydrogen-bond donors (Lipinski definition) is 1. The fraction of sp³-hybridized carbons (Fsp3) is 0.400. The van der Waals surface area contributed by atoms with Crippen LogP contribution in [0.15, 0.2) is 6.20 Å². The molecule has 0 bridgehead atoms. The summed E-state index contributed by atoms with van der Waals surface area (Å²) in [6.45, 7) is 3.96. The Hall–Kier alpha value is -1.58. The van der Waals surface area contributed by atoms with E-state index in [-0.39, 0.29) is 12.4 Å². The van der Waals surface area contributed by atoms with E-state index in [2.05, 4.69) is 4.98 Å². The zero-order chi connectivity index (χ0) is 10.6. The Morgan fingerprint density at radius 2 is 2.36 bits per heavy atom. The van der Waals surface area contributed by atoms with E-state index in [1.807, 2.05) is 6.92 Å². The fourth-order valence-electron chi connectivity index (χ4n) is 1.27. The summed E-state index contributed by atoms with van der Waals surface area (Å²) in [5, 5.41) is 0. The lowest BCUT2D eigenvalue weighted by atomic mass is 10.1. The quantitative estimate of drug-likeness (QED) is 0.581. The molecule has 0 atom stereocenters. The predicted octanol–water partition coefficient (Wildman–Crippen LogP) is 1.24. The minimum absolute atomic E-state index is 0.150. The van der Waals surface area contributed by atoms with Crippen LogP contribution in [-0.2, 0) is 16.0 Å². The van der Waals surface area contributed by atoms with Gasteiger partial charge in [0.15, 0.2) is 6.29 Å². The first-order valence-electron chi connectivity index (χ1n) is 4.46. The first-order valence-corrected chi connectivity index (χ1v) is 4.46. The molecule has 0 saturated heterocycles. The van der Waals surface area contributed by atoms with Gasteiger partial charge in [0.25, 0.3) is 0 Å². The van der Waals surface area contributed by atoms with Crippen molar-refractivity contribution < 1.29 is 14.3 Å². The van der Waals surface area contributed by atoms with Gasteiger partial charge in [0.05, 0.1) is 18.7 Å². The number of aryl methyl sites for hydroxylation is 1. The van der Waals surface area contributed by atoms with Gasteiger partial charge in [0, 0.05) is 6.20 Å². The molecular weight excluding hydrogens is 182 g/mol. The van der Waals surface area contributed by atoms with Crippen LogP contribution in [0.1, 0.15) is 28.5 Å². The second kappa shape index (κ2) is 4.60. The van der Waals surface area contributed by atoms with Gasteiger partial charge < -0.3 is 9.72 Å². The summed E-state index contributed by atoms with van der Waals surface area (Å²) in [5.41, 5.74) is 2.08. The number of aromatic amines is 1. The van der Waals surface area contributed by atoms with Crippen LogP contribution in [0.4, 0.5) is 0 Å². The molecule has 0 fully saturated rings. The summed E-state index contributed by atoms with van der Waals surface area (Å²) < 4.78 is 4.80. The van der Waals surface area contributed by atoms with Gasteiger partial charge >= 0.3 is 5.97 Å². The molecule has 1 aromatic rings. The highest BCUT2D eigenvalue weighted by atomic mass is 16.5. The summed E-state index contributed by atoms with van der Waals surface area (Å²) in [5.74, 6) is -0.307. The number of ether oxygens (including phenoxy) is 1. The van der Waals surface area contributed by atoms with Gasteiger partial charge in [-0.25, -0.2) is 0 Å². The molecular formula is C10H13NO3. The molecule has 1 N–H and O–H groups in total. The molecule has 14 heavy (non-hydrogen) atoms. The molecule has 1 rings (SSSR count). The van der Waals surface area contributed by atoms with E-state index < -0.39 is 0 Å². The molecule has 1 aromatic heterocycles. The lowest BCUT2D eigenvalue weighted by molar-refractivity contribution is -0.142. The second-order valence-corrected chi connectivity index (χ2v) is 2.96. The summed E-state index contributed by atoms with van der Waals surface area (Å²) in [4.78, 5) is 24.6. The van der Waals surface area contributed by atoms with E-state index in [4.69, 9.17) is 4.74 Å². The topological polar surface area (TPSA) is 59.2 Å². The summed E-state index contributed by atoms with van der Waals surface area (Å²) in [6.07, 6.45) is 2.57. The van der Waals surface area contributed by atoms with E-state index in [9.17, 15) is 9.59 Å². The minimum atomic E-state index is -0.307. The molecule has 0 radical (unpaired) electrons. The van der Waals surface area contributed by atoms with Gasteiger partial charge in [-0.05, 0) is 25.0 Å². The number of carbonyl (C=O) groups excluding carboxylic acids is 2. The zero-order valence-corrected chi connectivity index (χ0v) is 8.29. The summed E-state index contributed by atoms with van der Waals surface area (Å²) in [6, 6.07) is 0. The van der Waals surface area contributed by atoms with E-state index in [1.54, 1.807) is 13.1 Å². The van der Waals surface area contributed by atoms with E-state index in [1.165, 1.54) is 0 Å². The number of hydrogen-bond acceptors (Lipinski definition) is 3. The molecule has 0 unspecified atom stereocenters. The Morgan fingerprint density at radius 1 is 1.64 bits per heavy atom. The van der Waals surface area contributed by atoms with Crippen molar-refractivity contribution in [1.29, 1.82) is 0 Å².